The van der Waals surface area contributed by atoms with Crippen LogP contribution in [-0.2, 0) is 11.3 Å². The van der Waals surface area contributed by atoms with Gasteiger partial charge in [0.1, 0.15) is 6.07 Å². The molecular formula is C15H13BrN2O. The molecular weight excluding hydrogens is 304 g/mol. The summed E-state index contributed by atoms with van der Waals surface area (Å²) in [6.45, 7) is 0.569. The van der Waals surface area contributed by atoms with Crippen LogP contribution in [0, 0.1) is 11.3 Å². The second kappa shape index (κ2) is 6.37. The highest BCUT2D eigenvalue weighted by atomic mass is 79.9. The van der Waals surface area contributed by atoms with Crippen LogP contribution in [0.15, 0.2) is 46.9 Å². The zero-order chi connectivity index (χ0) is 13.7. The molecule has 2 aromatic rings. The molecule has 0 spiro atoms. The molecule has 0 radical (unpaired) electrons. The zero-order valence-electron chi connectivity index (χ0n) is 10.5. The third kappa shape index (κ3) is 3.57. The molecule has 0 aliphatic carbocycles. The lowest BCUT2D eigenvalue weighted by Gasteiger charge is -2.10. The molecule has 0 atom stereocenters. The van der Waals surface area contributed by atoms with Gasteiger partial charge in [-0.1, -0.05) is 28.1 Å². The maximum absolute atomic E-state index is 9.10. The quantitative estimate of drug-likeness (QED) is 0.919. The molecule has 0 aliphatic rings. The van der Waals surface area contributed by atoms with E-state index in [2.05, 4.69) is 27.3 Å². The van der Waals surface area contributed by atoms with Gasteiger partial charge in [0.15, 0.2) is 0 Å². The van der Waals surface area contributed by atoms with Crippen molar-refractivity contribution >= 4 is 27.3 Å². The van der Waals surface area contributed by atoms with E-state index in [-0.39, 0.29) is 0 Å². The Morgan fingerprint density at radius 2 is 2.11 bits per heavy atom. The van der Waals surface area contributed by atoms with Gasteiger partial charge in [0.2, 0.25) is 0 Å². The highest BCUT2D eigenvalue weighted by molar-refractivity contribution is 9.10. The zero-order valence-corrected chi connectivity index (χ0v) is 12.1. The number of hydrogen-bond donors (Lipinski definition) is 1. The van der Waals surface area contributed by atoms with Crippen molar-refractivity contribution in [2.45, 2.75) is 6.61 Å². The van der Waals surface area contributed by atoms with Crippen LogP contribution >= 0.6 is 15.9 Å². The van der Waals surface area contributed by atoms with E-state index < -0.39 is 0 Å². The minimum atomic E-state index is 0.569. The molecule has 0 bridgehead atoms. The van der Waals surface area contributed by atoms with E-state index in [4.69, 9.17) is 10.00 Å². The molecule has 0 aromatic heterocycles. The highest BCUT2D eigenvalue weighted by Crippen LogP contribution is 2.25. The van der Waals surface area contributed by atoms with Crippen LogP contribution in [0.4, 0.5) is 11.4 Å². The van der Waals surface area contributed by atoms with Crippen LogP contribution in [0.2, 0.25) is 0 Å². The lowest BCUT2D eigenvalue weighted by Crippen LogP contribution is -1.95. The molecule has 2 aromatic carbocycles. The van der Waals surface area contributed by atoms with Gasteiger partial charge < -0.3 is 10.1 Å². The minimum Gasteiger partial charge on any atom is -0.380 e. The van der Waals surface area contributed by atoms with Gasteiger partial charge >= 0.3 is 0 Å². The van der Waals surface area contributed by atoms with Gasteiger partial charge in [-0.05, 0) is 35.9 Å². The first-order valence-electron chi connectivity index (χ1n) is 5.77. The van der Waals surface area contributed by atoms with Crippen LogP contribution in [0.25, 0.3) is 0 Å². The lowest BCUT2D eigenvalue weighted by atomic mass is 10.1. The summed E-state index contributed by atoms with van der Waals surface area (Å²) < 4.78 is 6.04. The average Bonchev–Trinajstić information content (AvgIpc) is 2.40. The first-order chi connectivity index (χ1) is 9.22. The van der Waals surface area contributed by atoms with Crippen molar-refractivity contribution in [3.63, 3.8) is 0 Å². The number of nitrogens with one attached hydrogen (secondary N) is 1. The predicted molar refractivity (Wildman–Crippen MR) is 79.3 cm³/mol. The molecule has 19 heavy (non-hydrogen) atoms. The van der Waals surface area contributed by atoms with Gasteiger partial charge in [0.25, 0.3) is 0 Å². The van der Waals surface area contributed by atoms with E-state index in [1.54, 1.807) is 13.2 Å². The number of nitrogens with zero attached hydrogens (tertiary/aromatic N) is 1. The van der Waals surface area contributed by atoms with Crippen molar-refractivity contribution in [2.24, 2.45) is 0 Å². The van der Waals surface area contributed by atoms with Crippen molar-refractivity contribution in [2.75, 3.05) is 12.4 Å². The van der Waals surface area contributed by atoms with Crippen molar-refractivity contribution in [3.05, 3.63) is 58.1 Å². The van der Waals surface area contributed by atoms with E-state index in [1.165, 1.54) is 0 Å². The smallest absolute Gasteiger partial charge is 0.101 e. The van der Waals surface area contributed by atoms with Crippen molar-refractivity contribution < 1.29 is 4.74 Å². The molecule has 2 rings (SSSR count). The number of nitriles is 1. The third-order valence-electron chi connectivity index (χ3n) is 2.62. The van der Waals surface area contributed by atoms with Gasteiger partial charge in [-0.2, -0.15) is 5.26 Å². The van der Waals surface area contributed by atoms with Gasteiger partial charge in [-0.3, -0.25) is 0 Å². The minimum absolute atomic E-state index is 0.569. The molecule has 0 unspecified atom stereocenters. The first kappa shape index (κ1) is 13.6. The summed E-state index contributed by atoms with van der Waals surface area (Å²) in [6.07, 6.45) is 0. The molecule has 0 aliphatic heterocycles. The summed E-state index contributed by atoms with van der Waals surface area (Å²) in [5, 5.41) is 12.4. The van der Waals surface area contributed by atoms with Crippen molar-refractivity contribution in [1.29, 1.82) is 5.26 Å². The van der Waals surface area contributed by atoms with E-state index >= 15 is 0 Å². The number of ether oxygens (including phenoxy) is 1. The van der Waals surface area contributed by atoms with Crippen LogP contribution < -0.4 is 5.32 Å². The Morgan fingerprint density at radius 3 is 2.84 bits per heavy atom. The lowest BCUT2D eigenvalue weighted by molar-refractivity contribution is 0.185. The Kier molecular flexibility index (Phi) is 4.56. The summed E-state index contributed by atoms with van der Waals surface area (Å²) in [7, 11) is 1.67. The van der Waals surface area contributed by atoms with Crippen LogP contribution in [0.1, 0.15) is 11.1 Å². The Bertz CT molecular complexity index is 620. The van der Waals surface area contributed by atoms with Crippen LogP contribution in [-0.4, -0.2) is 7.11 Å². The molecule has 3 nitrogen and oxygen atoms in total. The first-order valence-corrected chi connectivity index (χ1v) is 6.57. The average molecular weight is 317 g/mol. The fourth-order valence-electron chi connectivity index (χ4n) is 1.78. The van der Waals surface area contributed by atoms with Gasteiger partial charge in [-0.15, -0.1) is 0 Å². The Balaban J connectivity index is 2.28. The van der Waals surface area contributed by atoms with E-state index in [0.29, 0.717) is 12.2 Å². The Morgan fingerprint density at radius 1 is 1.26 bits per heavy atom. The van der Waals surface area contributed by atoms with Gasteiger partial charge in [0, 0.05) is 17.3 Å². The maximum atomic E-state index is 9.10. The van der Waals surface area contributed by atoms with Crippen molar-refractivity contribution in [3.8, 4) is 6.07 Å². The normalized spacial score (nSPS) is 9.95. The Hall–Kier alpha value is -1.83. The fraction of sp³-hybridized carbons (Fsp3) is 0.133. The number of rotatable bonds is 4. The summed E-state index contributed by atoms with van der Waals surface area (Å²) in [5.41, 5.74) is 3.41. The van der Waals surface area contributed by atoms with Crippen LogP contribution in [0.3, 0.4) is 0 Å². The summed E-state index contributed by atoms with van der Waals surface area (Å²) >= 11 is 3.41. The summed E-state index contributed by atoms with van der Waals surface area (Å²) in [6, 6.07) is 15.6. The Labute approximate surface area is 121 Å². The number of benzene rings is 2. The molecule has 0 heterocycles. The van der Waals surface area contributed by atoms with Gasteiger partial charge in [0.05, 0.1) is 17.9 Å². The molecule has 96 valence electrons. The number of halogens is 1. The standard InChI is InChI=1S/C15H13BrN2O/c1-19-10-11-3-2-4-14(7-11)18-15-8-13(16)6-5-12(15)9-17/h2-8,18H,10H2,1H3. The molecule has 0 fully saturated rings. The monoisotopic (exact) mass is 316 g/mol. The summed E-state index contributed by atoms with van der Waals surface area (Å²) in [4.78, 5) is 0. The second-order valence-electron chi connectivity index (χ2n) is 4.06. The number of methoxy groups -OCH3 is 1. The number of hydrogen-bond acceptors (Lipinski definition) is 3. The highest BCUT2D eigenvalue weighted by Gasteiger charge is 2.03. The van der Waals surface area contributed by atoms with Gasteiger partial charge in [-0.25, -0.2) is 0 Å². The second-order valence-corrected chi connectivity index (χ2v) is 4.98. The van der Waals surface area contributed by atoms with E-state index in [0.717, 1.165) is 21.4 Å². The number of anilines is 2. The van der Waals surface area contributed by atoms with E-state index in [1.807, 2.05) is 36.4 Å². The van der Waals surface area contributed by atoms with Crippen LogP contribution in [0.5, 0.6) is 0 Å². The molecule has 0 saturated carbocycles. The van der Waals surface area contributed by atoms with E-state index in [9.17, 15) is 0 Å². The molecule has 1 N–H and O–H groups in total. The molecule has 0 amide bonds. The summed E-state index contributed by atoms with van der Waals surface area (Å²) in [5.74, 6) is 0. The molecule has 4 heteroatoms. The topological polar surface area (TPSA) is 45.0 Å². The third-order valence-corrected chi connectivity index (χ3v) is 3.11. The largest absolute Gasteiger partial charge is 0.380 e. The maximum Gasteiger partial charge on any atom is 0.101 e. The molecule has 0 saturated heterocycles. The van der Waals surface area contributed by atoms with Crippen molar-refractivity contribution in [1.82, 2.24) is 0 Å². The predicted octanol–water partition coefficient (Wildman–Crippen LogP) is 4.21. The SMILES string of the molecule is COCc1cccc(Nc2cc(Br)ccc2C#N)c1. The fourth-order valence-corrected chi connectivity index (χ4v) is 2.14.